The molecule has 0 saturated carbocycles. The molecule has 3 heterocycles. The lowest BCUT2D eigenvalue weighted by Gasteiger charge is -2.44. The molecule has 0 radical (unpaired) electrons. The smallest absolute Gasteiger partial charge is 0.233 e. The van der Waals surface area contributed by atoms with Crippen LogP contribution in [0.1, 0.15) is 24.8 Å². The summed E-state index contributed by atoms with van der Waals surface area (Å²) < 4.78 is 34.4. The predicted molar refractivity (Wildman–Crippen MR) is 110 cm³/mol. The lowest BCUT2D eigenvalue weighted by Crippen LogP contribution is -2.57. The SMILES string of the molecule is COc1ccc(C2(C(=O)N3CCN([C@@H]4CCS(=O)(=O)C4)CC3)CCOCC2)cc1. The normalized spacial score (nSPS) is 26.9. The van der Waals surface area contributed by atoms with E-state index < -0.39 is 15.3 Å². The highest BCUT2D eigenvalue weighted by Gasteiger charge is 2.45. The highest BCUT2D eigenvalue weighted by Crippen LogP contribution is 2.38. The quantitative estimate of drug-likeness (QED) is 0.723. The van der Waals surface area contributed by atoms with E-state index in [0.717, 1.165) is 24.4 Å². The molecule has 8 heteroatoms. The fourth-order valence-electron chi connectivity index (χ4n) is 4.91. The number of nitrogens with zero attached hydrogens (tertiary/aromatic N) is 2. The molecule has 1 atom stereocenters. The number of piperazine rings is 1. The molecule has 3 aliphatic heterocycles. The van der Waals surface area contributed by atoms with Crippen LogP contribution in [0.5, 0.6) is 5.75 Å². The Morgan fingerprint density at radius 1 is 1.10 bits per heavy atom. The number of amides is 1. The maximum Gasteiger partial charge on any atom is 0.233 e. The van der Waals surface area contributed by atoms with Gasteiger partial charge in [-0.3, -0.25) is 9.69 Å². The molecule has 3 fully saturated rings. The van der Waals surface area contributed by atoms with E-state index in [1.807, 2.05) is 29.2 Å². The average molecular weight is 423 g/mol. The number of hydrogen-bond acceptors (Lipinski definition) is 6. The molecule has 7 nitrogen and oxygen atoms in total. The largest absolute Gasteiger partial charge is 0.497 e. The summed E-state index contributed by atoms with van der Waals surface area (Å²) in [6.45, 7) is 3.93. The van der Waals surface area contributed by atoms with Gasteiger partial charge in [0, 0.05) is 45.4 Å². The minimum Gasteiger partial charge on any atom is -0.497 e. The molecule has 1 aromatic carbocycles. The van der Waals surface area contributed by atoms with E-state index in [1.165, 1.54) is 0 Å². The van der Waals surface area contributed by atoms with Gasteiger partial charge < -0.3 is 14.4 Å². The molecule has 160 valence electrons. The maximum absolute atomic E-state index is 13.7. The van der Waals surface area contributed by atoms with Crippen molar-refractivity contribution >= 4 is 15.7 Å². The summed E-state index contributed by atoms with van der Waals surface area (Å²) in [5, 5.41) is 0. The Balaban J connectivity index is 1.47. The summed E-state index contributed by atoms with van der Waals surface area (Å²) in [6, 6.07) is 7.94. The molecule has 1 amide bonds. The van der Waals surface area contributed by atoms with Gasteiger partial charge in [-0.25, -0.2) is 8.42 Å². The van der Waals surface area contributed by atoms with E-state index >= 15 is 0 Å². The van der Waals surface area contributed by atoms with Gasteiger partial charge in [-0.2, -0.15) is 0 Å². The third-order valence-electron chi connectivity index (χ3n) is 6.72. The summed E-state index contributed by atoms with van der Waals surface area (Å²) in [6.07, 6.45) is 2.07. The summed E-state index contributed by atoms with van der Waals surface area (Å²) in [5.41, 5.74) is 0.472. The van der Waals surface area contributed by atoms with E-state index in [0.29, 0.717) is 45.6 Å². The van der Waals surface area contributed by atoms with E-state index in [4.69, 9.17) is 9.47 Å². The Morgan fingerprint density at radius 3 is 2.31 bits per heavy atom. The second-order valence-corrected chi connectivity index (χ2v) is 10.5. The van der Waals surface area contributed by atoms with Crippen molar-refractivity contribution in [2.75, 3.05) is 58.0 Å². The Labute approximate surface area is 172 Å². The van der Waals surface area contributed by atoms with Crippen molar-refractivity contribution < 1.29 is 22.7 Å². The van der Waals surface area contributed by atoms with Gasteiger partial charge in [0.1, 0.15) is 5.75 Å². The van der Waals surface area contributed by atoms with Crippen LogP contribution >= 0.6 is 0 Å². The van der Waals surface area contributed by atoms with Gasteiger partial charge in [0.15, 0.2) is 9.84 Å². The fraction of sp³-hybridized carbons (Fsp3) is 0.667. The summed E-state index contributed by atoms with van der Waals surface area (Å²) >= 11 is 0. The zero-order valence-corrected chi connectivity index (χ0v) is 17.8. The second kappa shape index (κ2) is 8.24. The number of sulfone groups is 1. The highest BCUT2D eigenvalue weighted by atomic mass is 32.2. The van der Waals surface area contributed by atoms with Crippen molar-refractivity contribution in [3.8, 4) is 5.75 Å². The topological polar surface area (TPSA) is 76.2 Å². The highest BCUT2D eigenvalue weighted by molar-refractivity contribution is 7.91. The number of methoxy groups -OCH3 is 1. The third kappa shape index (κ3) is 4.15. The van der Waals surface area contributed by atoms with Gasteiger partial charge in [-0.05, 0) is 37.0 Å². The van der Waals surface area contributed by atoms with Crippen LogP contribution in [0.4, 0.5) is 0 Å². The molecule has 0 bridgehead atoms. The van der Waals surface area contributed by atoms with Crippen LogP contribution in [-0.4, -0.2) is 88.2 Å². The second-order valence-electron chi connectivity index (χ2n) is 8.31. The lowest BCUT2D eigenvalue weighted by atomic mass is 9.73. The van der Waals surface area contributed by atoms with Crippen molar-refractivity contribution in [3.63, 3.8) is 0 Å². The van der Waals surface area contributed by atoms with Crippen LogP contribution in [0.25, 0.3) is 0 Å². The predicted octanol–water partition coefficient (Wildman–Crippen LogP) is 1.07. The van der Waals surface area contributed by atoms with Crippen LogP contribution in [0.3, 0.4) is 0 Å². The van der Waals surface area contributed by atoms with Crippen LogP contribution in [0, 0.1) is 0 Å². The molecule has 29 heavy (non-hydrogen) atoms. The minimum absolute atomic E-state index is 0.107. The number of carbonyl (C=O) groups is 1. The van der Waals surface area contributed by atoms with Gasteiger partial charge in [0.2, 0.25) is 5.91 Å². The van der Waals surface area contributed by atoms with Crippen LogP contribution < -0.4 is 4.74 Å². The number of carbonyl (C=O) groups excluding carboxylic acids is 1. The van der Waals surface area contributed by atoms with E-state index in [1.54, 1.807) is 7.11 Å². The average Bonchev–Trinajstić information content (AvgIpc) is 3.13. The maximum atomic E-state index is 13.7. The van der Waals surface area contributed by atoms with Gasteiger partial charge >= 0.3 is 0 Å². The first kappa shape index (κ1) is 20.6. The number of benzene rings is 1. The summed E-state index contributed by atoms with van der Waals surface area (Å²) in [5.74, 6) is 1.50. The van der Waals surface area contributed by atoms with Crippen LogP contribution in [0.2, 0.25) is 0 Å². The van der Waals surface area contributed by atoms with Gasteiger partial charge in [0.05, 0.1) is 24.0 Å². The molecule has 0 unspecified atom stereocenters. The van der Waals surface area contributed by atoms with Crippen molar-refractivity contribution in [2.24, 2.45) is 0 Å². The van der Waals surface area contributed by atoms with Crippen LogP contribution in [-0.2, 0) is 24.8 Å². The standard InChI is InChI=1S/C21H30N2O5S/c1-27-19-4-2-17(3-5-19)21(7-13-28-14-8-21)20(24)23-11-9-22(10-12-23)18-6-15-29(25,26)16-18/h2-5,18H,6-16H2,1H3/t18-/m1/s1. The zero-order chi connectivity index (χ0) is 20.5. The third-order valence-corrected chi connectivity index (χ3v) is 8.47. The first-order chi connectivity index (χ1) is 13.9. The molecule has 4 rings (SSSR count). The monoisotopic (exact) mass is 422 g/mol. The Bertz CT molecular complexity index is 825. The van der Waals surface area contributed by atoms with Crippen LogP contribution in [0.15, 0.2) is 24.3 Å². The van der Waals surface area contributed by atoms with E-state index in [-0.39, 0.29) is 23.5 Å². The molecule has 3 saturated heterocycles. The molecular weight excluding hydrogens is 392 g/mol. The van der Waals surface area contributed by atoms with Gasteiger partial charge in [0.25, 0.3) is 0 Å². The van der Waals surface area contributed by atoms with Gasteiger partial charge in [-0.1, -0.05) is 12.1 Å². The van der Waals surface area contributed by atoms with E-state index in [2.05, 4.69) is 4.90 Å². The fourth-order valence-corrected chi connectivity index (χ4v) is 6.67. The Hall–Kier alpha value is -1.64. The Kier molecular flexibility index (Phi) is 5.86. The first-order valence-electron chi connectivity index (χ1n) is 10.4. The summed E-state index contributed by atoms with van der Waals surface area (Å²) in [7, 11) is -1.25. The van der Waals surface area contributed by atoms with Gasteiger partial charge in [-0.15, -0.1) is 0 Å². The molecule has 0 spiro atoms. The van der Waals surface area contributed by atoms with E-state index in [9.17, 15) is 13.2 Å². The minimum atomic E-state index is -2.89. The van der Waals surface area contributed by atoms with Crippen molar-refractivity contribution in [1.29, 1.82) is 0 Å². The summed E-state index contributed by atoms with van der Waals surface area (Å²) in [4.78, 5) is 17.9. The Morgan fingerprint density at radius 2 is 1.76 bits per heavy atom. The zero-order valence-electron chi connectivity index (χ0n) is 17.0. The molecule has 3 aliphatic rings. The molecular formula is C21H30N2O5S. The van der Waals surface area contributed by atoms with Crippen molar-refractivity contribution in [2.45, 2.75) is 30.7 Å². The number of rotatable bonds is 4. The van der Waals surface area contributed by atoms with Crippen molar-refractivity contribution in [3.05, 3.63) is 29.8 Å². The lowest BCUT2D eigenvalue weighted by molar-refractivity contribution is -0.143. The molecule has 0 aliphatic carbocycles. The molecule has 0 aromatic heterocycles. The first-order valence-corrected chi connectivity index (χ1v) is 12.2. The molecule has 1 aromatic rings. The van der Waals surface area contributed by atoms with Crippen molar-refractivity contribution in [1.82, 2.24) is 9.80 Å². The number of hydrogen-bond donors (Lipinski definition) is 0. The molecule has 0 N–H and O–H groups in total. The number of ether oxygens (including phenoxy) is 2.